The van der Waals surface area contributed by atoms with Crippen LogP contribution in [0.3, 0.4) is 0 Å². The molecular weight excluding hydrogens is 333 g/mol. The third kappa shape index (κ3) is 3.33. The molecule has 0 aliphatic heterocycles. The molecule has 1 aromatic carbocycles. The predicted molar refractivity (Wildman–Crippen MR) is 71.2 cm³/mol. The molecule has 0 aliphatic carbocycles. The second-order valence-electron chi connectivity index (χ2n) is 2.79. The van der Waals surface area contributed by atoms with E-state index in [4.69, 9.17) is 11.6 Å². The molecule has 0 radical (unpaired) electrons. The molecule has 0 bridgehead atoms. The molecule has 1 N–H and O–H groups in total. The SMILES string of the molecule is CC(S)C(=O)Nc1cc(I)ccc1Cl. The lowest BCUT2D eigenvalue weighted by Gasteiger charge is -2.09. The zero-order valence-corrected chi connectivity index (χ0v) is 11.2. The molecule has 1 aromatic rings. The van der Waals surface area contributed by atoms with Crippen LogP contribution in [0.1, 0.15) is 6.92 Å². The number of amides is 1. The highest BCUT2D eigenvalue weighted by Crippen LogP contribution is 2.24. The fraction of sp³-hybridized carbons (Fsp3) is 0.222. The van der Waals surface area contributed by atoms with Gasteiger partial charge in [-0.05, 0) is 47.7 Å². The Morgan fingerprint density at radius 2 is 2.29 bits per heavy atom. The lowest BCUT2D eigenvalue weighted by molar-refractivity contribution is -0.115. The number of halogens is 2. The Balaban J connectivity index is 2.86. The van der Waals surface area contributed by atoms with Crippen LogP contribution < -0.4 is 5.32 Å². The predicted octanol–water partition coefficient (Wildman–Crippen LogP) is 3.20. The van der Waals surface area contributed by atoms with Crippen LogP contribution in [0.4, 0.5) is 5.69 Å². The molecule has 0 spiro atoms. The van der Waals surface area contributed by atoms with E-state index in [1.807, 2.05) is 12.1 Å². The van der Waals surface area contributed by atoms with E-state index in [0.29, 0.717) is 10.7 Å². The van der Waals surface area contributed by atoms with Crippen molar-refractivity contribution in [3.63, 3.8) is 0 Å². The molecule has 0 fully saturated rings. The first kappa shape index (κ1) is 12.1. The van der Waals surface area contributed by atoms with E-state index in [9.17, 15) is 4.79 Å². The molecule has 1 amide bonds. The van der Waals surface area contributed by atoms with Gasteiger partial charge >= 0.3 is 0 Å². The van der Waals surface area contributed by atoms with Gasteiger partial charge < -0.3 is 5.32 Å². The molecule has 2 nitrogen and oxygen atoms in total. The van der Waals surface area contributed by atoms with E-state index in [1.165, 1.54) is 0 Å². The third-order valence-electron chi connectivity index (χ3n) is 1.57. The van der Waals surface area contributed by atoms with Crippen molar-refractivity contribution < 1.29 is 4.79 Å². The first-order valence-corrected chi connectivity index (χ1v) is 5.92. The third-order valence-corrected chi connectivity index (χ3v) is 2.80. The topological polar surface area (TPSA) is 29.1 Å². The van der Waals surface area contributed by atoms with E-state index in [1.54, 1.807) is 13.0 Å². The van der Waals surface area contributed by atoms with E-state index in [0.717, 1.165) is 3.57 Å². The number of carbonyl (C=O) groups excluding carboxylic acids is 1. The van der Waals surface area contributed by atoms with Crippen molar-refractivity contribution in [2.24, 2.45) is 0 Å². The molecular formula is C9H9ClINOS. The summed E-state index contributed by atoms with van der Waals surface area (Å²) < 4.78 is 1.02. The van der Waals surface area contributed by atoms with Crippen molar-refractivity contribution in [3.05, 3.63) is 26.8 Å². The normalized spacial score (nSPS) is 12.3. The Bertz CT molecular complexity index is 357. The molecule has 1 atom stereocenters. The van der Waals surface area contributed by atoms with Gasteiger partial charge in [-0.2, -0.15) is 12.6 Å². The van der Waals surface area contributed by atoms with E-state index in [2.05, 4.69) is 40.5 Å². The number of hydrogen-bond donors (Lipinski definition) is 2. The van der Waals surface area contributed by atoms with Gasteiger partial charge in [0, 0.05) is 3.57 Å². The van der Waals surface area contributed by atoms with Gasteiger partial charge in [0.15, 0.2) is 0 Å². The van der Waals surface area contributed by atoms with Crippen LogP contribution in [0.2, 0.25) is 5.02 Å². The largest absolute Gasteiger partial charge is 0.324 e. The Morgan fingerprint density at radius 1 is 1.64 bits per heavy atom. The summed E-state index contributed by atoms with van der Waals surface area (Å²) in [6, 6.07) is 5.45. The molecule has 1 unspecified atom stereocenters. The molecule has 0 saturated heterocycles. The van der Waals surface area contributed by atoms with Crippen LogP contribution in [-0.4, -0.2) is 11.2 Å². The van der Waals surface area contributed by atoms with Gasteiger partial charge in [-0.15, -0.1) is 0 Å². The Kier molecular flexibility index (Phi) is 4.53. The summed E-state index contributed by atoms with van der Waals surface area (Å²) in [4.78, 5) is 11.3. The fourth-order valence-electron chi connectivity index (χ4n) is 0.830. The van der Waals surface area contributed by atoms with Gasteiger partial charge in [0.05, 0.1) is 16.0 Å². The number of anilines is 1. The molecule has 5 heteroatoms. The maximum Gasteiger partial charge on any atom is 0.236 e. The molecule has 0 heterocycles. The van der Waals surface area contributed by atoms with Gasteiger partial charge in [-0.3, -0.25) is 4.79 Å². The zero-order chi connectivity index (χ0) is 10.7. The number of carbonyl (C=O) groups is 1. The zero-order valence-electron chi connectivity index (χ0n) is 7.42. The fourth-order valence-corrected chi connectivity index (χ4v) is 1.55. The van der Waals surface area contributed by atoms with E-state index >= 15 is 0 Å². The minimum atomic E-state index is -0.344. The highest BCUT2D eigenvalue weighted by Gasteiger charge is 2.10. The van der Waals surface area contributed by atoms with Gasteiger partial charge in [-0.25, -0.2) is 0 Å². The highest BCUT2D eigenvalue weighted by molar-refractivity contribution is 14.1. The number of rotatable bonds is 2. The average molecular weight is 342 g/mol. The Hall–Kier alpha value is 0.0600. The number of hydrogen-bond acceptors (Lipinski definition) is 2. The Labute approximate surface area is 107 Å². The summed E-state index contributed by atoms with van der Waals surface area (Å²) in [6.07, 6.45) is 0. The second-order valence-corrected chi connectivity index (χ2v) is 5.22. The van der Waals surface area contributed by atoms with Crippen molar-refractivity contribution in [1.29, 1.82) is 0 Å². The van der Waals surface area contributed by atoms with E-state index < -0.39 is 0 Å². The summed E-state index contributed by atoms with van der Waals surface area (Å²) in [7, 11) is 0. The minimum absolute atomic E-state index is 0.155. The lowest BCUT2D eigenvalue weighted by Crippen LogP contribution is -2.20. The van der Waals surface area contributed by atoms with Gasteiger partial charge in [0.25, 0.3) is 0 Å². The van der Waals surface area contributed by atoms with Crippen LogP contribution in [0.25, 0.3) is 0 Å². The monoisotopic (exact) mass is 341 g/mol. The number of thiol groups is 1. The number of nitrogens with one attached hydrogen (secondary N) is 1. The first-order valence-electron chi connectivity index (χ1n) is 3.94. The van der Waals surface area contributed by atoms with E-state index in [-0.39, 0.29) is 11.2 Å². The van der Waals surface area contributed by atoms with Crippen LogP contribution in [0, 0.1) is 3.57 Å². The standard InChI is InChI=1S/C9H9ClINOS/c1-5(14)9(13)12-8-4-6(11)2-3-7(8)10/h2-5,14H,1H3,(H,12,13). The summed E-state index contributed by atoms with van der Waals surface area (Å²) in [5.41, 5.74) is 0.629. The summed E-state index contributed by atoms with van der Waals surface area (Å²) in [6.45, 7) is 1.71. The number of benzene rings is 1. The quantitative estimate of drug-likeness (QED) is 0.628. The molecule has 1 rings (SSSR count). The average Bonchev–Trinajstić information content (AvgIpc) is 2.11. The van der Waals surface area contributed by atoms with Crippen molar-refractivity contribution in [1.82, 2.24) is 0 Å². The minimum Gasteiger partial charge on any atom is -0.324 e. The summed E-state index contributed by atoms with van der Waals surface area (Å²) >= 11 is 12.1. The molecule has 0 aliphatic rings. The van der Waals surface area contributed by atoms with Gasteiger partial charge in [-0.1, -0.05) is 11.6 Å². The molecule has 76 valence electrons. The second kappa shape index (κ2) is 5.23. The van der Waals surface area contributed by atoms with Crippen LogP contribution in [0.15, 0.2) is 18.2 Å². The molecule has 0 aromatic heterocycles. The Morgan fingerprint density at radius 3 is 2.86 bits per heavy atom. The molecule has 0 saturated carbocycles. The van der Waals surface area contributed by atoms with Crippen molar-refractivity contribution in [3.8, 4) is 0 Å². The van der Waals surface area contributed by atoms with Crippen molar-refractivity contribution >= 4 is 58.4 Å². The van der Waals surface area contributed by atoms with Crippen molar-refractivity contribution in [2.45, 2.75) is 12.2 Å². The smallest absolute Gasteiger partial charge is 0.236 e. The maximum atomic E-state index is 11.3. The highest BCUT2D eigenvalue weighted by atomic mass is 127. The van der Waals surface area contributed by atoms with Crippen LogP contribution in [-0.2, 0) is 4.79 Å². The first-order chi connectivity index (χ1) is 6.50. The van der Waals surface area contributed by atoms with Crippen molar-refractivity contribution in [2.75, 3.05) is 5.32 Å². The summed E-state index contributed by atoms with van der Waals surface area (Å²) in [5, 5.41) is 2.89. The van der Waals surface area contributed by atoms with Gasteiger partial charge in [0.1, 0.15) is 0 Å². The van der Waals surface area contributed by atoms with Crippen LogP contribution in [0.5, 0.6) is 0 Å². The molecule has 14 heavy (non-hydrogen) atoms. The van der Waals surface area contributed by atoms with Gasteiger partial charge in [0.2, 0.25) is 5.91 Å². The lowest BCUT2D eigenvalue weighted by atomic mass is 10.3. The van der Waals surface area contributed by atoms with Crippen LogP contribution >= 0.6 is 46.8 Å². The maximum absolute atomic E-state index is 11.3. The summed E-state index contributed by atoms with van der Waals surface area (Å²) in [5.74, 6) is -0.155.